The standard InChI is InChI=1S/C17H24Cl2N2/c1-16(2)10-20-17(3,13-5-6-13)11-21(16)9-12-4-7-14(18)8-15(12)19/h4,7-8,13,20H,5-6,9-11H2,1-3H3. The molecule has 2 nitrogen and oxygen atoms in total. The third kappa shape index (κ3) is 3.24. The Kier molecular flexibility index (Phi) is 4.03. The molecule has 1 atom stereocenters. The van der Waals surface area contributed by atoms with Crippen molar-refractivity contribution < 1.29 is 0 Å². The summed E-state index contributed by atoms with van der Waals surface area (Å²) in [5.41, 5.74) is 1.54. The van der Waals surface area contributed by atoms with E-state index < -0.39 is 0 Å². The van der Waals surface area contributed by atoms with Crippen LogP contribution in [-0.4, -0.2) is 29.1 Å². The molecule has 1 heterocycles. The zero-order valence-electron chi connectivity index (χ0n) is 13.0. The van der Waals surface area contributed by atoms with Crippen LogP contribution in [0.1, 0.15) is 39.2 Å². The van der Waals surface area contributed by atoms with Gasteiger partial charge in [0.25, 0.3) is 0 Å². The zero-order chi connectivity index (χ0) is 15.3. The SMILES string of the molecule is CC1(C2CC2)CN(Cc2ccc(Cl)cc2Cl)C(C)(C)CN1. The molecule has 0 bridgehead atoms. The van der Waals surface area contributed by atoms with Gasteiger partial charge in [-0.25, -0.2) is 0 Å². The molecule has 1 N–H and O–H groups in total. The fourth-order valence-corrected chi connectivity index (χ4v) is 3.78. The smallest absolute Gasteiger partial charge is 0.0465 e. The van der Waals surface area contributed by atoms with Crippen molar-refractivity contribution in [3.63, 3.8) is 0 Å². The first-order chi connectivity index (χ1) is 9.80. The molecule has 1 unspecified atom stereocenters. The van der Waals surface area contributed by atoms with Crippen LogP contribution in [0, 0.1) is 5.92 Å². The molecule has 1 saturated carbocycles. The van der Waals surface area contributed by atoms with Gasteiger partial charge in [0, 0.05) is 40.8 Å². The lowest BCUT2D eigenvalue weighted by molar-refractivity contribution is 0.0178. The van der Waals surface area contributed by atoms with E-state index in [0.29, 0.717) is 5.02 Å². The Hall–Kier alpha value is -0.280. The Bertz CT molecular complexity index is 540. The van der Waals surface area contributed by atoms with Gasteiger partial charge in [-0.1, -0.05) is 29.3 Å². The summed E-state index contributed by atoms with van der Waals surface area (Å²) in [6, 6.07) is 5.82. The Morgan fingerprint density at radius 1 is 1.24 bits per heavy atom. The monoisotopic (exact) mass is 326 g/mol. The second kappa shape index (κ2) is 5.42. The molecule has 1 aliphatic heterocycles. The van der Waals surface area contributed by atoms with Crippen molar-refractivity contribution in [1.82, 2.24) is 10.2 Å². The van der Waals surface area contributed by atoms with E-state index in [1.165, 1.54) is 12.8 Å². The molecule has 21 heavy (non-hydrogen) atoms. The maximum absolute atomic E-state index is 6.36. The number of piperazine rings is 1. The van der Waals surface area contributed by atoms with E-state index in [9.17, 15) is 0 Å². The van der Waals surface area contributed by atoms with Crippen LogP contribution in [0.25, 0.3) is 0 Å². The number of nitrogens with zero attached hydrogens (tertiary/aromatic N) is 1. The van der Waals surface area contributed by atoms with E-state index in [-0.39, 0.29) is 11.1 Å². The van der Waals surface area contributed by atoms with Gasteiger partial charge in [-0.15, -0.1) is 0 Å². The number of benzene rings is 1. The predicted octanol–water partition coefficient (Wildman–Crippen LogP) is 4.35. The minimum Gasteiger partial charge on any atom is -0.308 e. The first-order valence-corrected chi connectivity index (χ1v) is 8.50. The molecule has 0 radical (unpaired) electrons. The number of hydrogen-bond acceptors (Lipinski definition) is 2. The average Bonchev–Trinajstić information content (AvgIpc) is 3.22. The lowest BCUT2D eigenvalue weighted by Crippen LogP contribution is -2.67. The van der Waals surface area contributed by atoms with Crippen molar-refractivity contribution in [3.8, 4) is 0 Å². The van der Waals surface area contributed by atoms with Gasteiger partial charge in [-0.3, -0.25) is 4.90 Å². The quantitative estimate of drug-likeness (QED) is 0.888. The predicted molar refractivity (Wildman–Crippen MR) is 90.1 cm³/mol. The Morgan fingerprint density at radius 3 is 2.57 bits per heavy atom. The maximum Gasteiger partial charge on any atom is 0.0465 e. The summed E-state index contributed by atoms with van der Waals surface area (Å²) >= 11 is 12.4. The first kappa shape index (κ1) is 15.6. The number of halogens is 2. The summed E-state index contributed by atoms with van der Waals surface area (Å²) in [4.78, 5) is 2.57. The normalized spacial score (nSPS) is 29.6. The number of nitrogens with one attached hydrogen (secondary N) is 1. The van der Waals surface area contributed by atoms with E-state index in [0.717, 1.165) is 36.1 Å². The van der Waals surface area contributed by atoms with Gasteiger partial charge < -0.3 is 5.32 Å². The summed E-state index contributed by atoms with van der Waals surface area (Å²) in [7, 11) is 0. The van der Waals surface area contributed by atoms with Gasteiger partial charge in [0.05, 0.1) is 0 Å². The van der Waals surface area contributed by atoms with Crippen LogP contribution in [0.15, 0.2) is 18.2 Å². The first-order valence-electron chi connectivity index (χ1n) is 7.74. The van der Waals surface area contributed by atoms with Gasteiger partial charge >= 0.3 is 0 Å². The third-order valence-electron chi connectivity index (χ3n) is 5.15. The van der Waals surface area contributed by atoms with Gasteiger partial charge in [-0.05, 0) is 57.2 Å². The summed E-state index contributed by atoms with van der Waals surface area (Å²) in [5, 5.41) is 5.26. The lowest BCUT2D eigenvalue weighted by atomic mass is 9.86. The molecule has 2 aliphatic rings. The highest BCUT2D eigenvalue weighted by atomic mass is 35.5. The van der Waals surface area contributed by atoms with Crippen molar-refractivity contribution in [2.45, 2.75) is 51.2 Å². The average molecular weight is 327 g/mol. The molecule has 2 fully saturated rings. The van der Waals surface area contributed by atoms with E-state index in [1.807, 2.05) is 12.1 Å². The fraction of sp³-hybridized carbons (Fsp3) is 0.647. The van der Waals surface area contributed by atoms with Gasteiger partial charge in [0.15, 0.2) is 0 Å². The fourth-order valence-electron chi connectivity index (χ4n) is 3.32. The number of hydrogen-bond donors (Lipinski definition) is 1. The van der Waals surface area contributed by atoms with Crippen molar-refractivity contribution in [1.29, 1.82) is 0 Å². The molecule has 1 aliphatic carbocycles. The van der Waals surface area contributed by atoms with Crippen LogP contribution in [-0.2, 0) is 6.54 Å². The molecule has 0 amide bonds. The molecule has 1 saturated heterocycles. The summed E-state index contributed by atoms with van der Waals surface area (Å²) in [6.45, 7) is 9.95. The van der Waals surface area contributed by atoms with Crippen molar-refractivity contribution in [2.24, 2.45) is 5.92 Å². The second-order valence-electron chi connectivity index (χ2n) is 7.45. The van der Waals surface area contributed by atoms with E-state index >= 15 is 0 Å². The van der Waals surface area contributed by atoms with Crippen molar-refractivity contribution in [3.05, 3.63) is 33.8 Å². The summed E-state index contributed by atoms with van der Waals surface area (Å²) in [6.07, 6.45) is 2.72. The summed E-state index contributed by atoms with van der Waals surface area (Å²) < 4.78 is 0. The van der Waals surface area contributed by atoms with Gasteiger partial charge in [-0.2, -0.15) is 0 Å². The third-order valence-corrected chi connectivity index (χ3v) is 5.74. The molecule has 1 aromatic carbocycles. The molecular formula is C17H24Cl2N2. The Labute approximate surface area is 137 Å². The van der Waals surface area contributed by atoms with Crippen molar-refractivity contribution >= 4 is 23.2 Å². The largest absolute Gasteiger partial charge is 0.308 e. The van der Waals surface area contributed by atoms with E-state index in [2.05, 4.69) is 37.1 Å². The topological polar surface area (TPSA) is 15.3 Å². The molecule has 0 aromatic heterocycles. The van der Waals surface area contributed by atoms with Crippen LogP contribution in [0.5, 0.6) is 0 Å². The lowest BCUT2D eigenvalue weighted by Gasteiger charge is -2.51. The maximum atomic E-state index is 6.36. The van der Waals surface area contributed by atoms with Gasteiger partial charge in [0.2, 0.25) is 0 Å². The van der Waals surface area contributed by atoms with Crippen LogP contribution in [0.2, 0.25) is 10.0 Å². The minimum atomic E-state index is 0.136. The highest BCUT2D eigenvalue weighted by molar-refractivity contribution is 6.35. The van der Waals surface area contributed by atoms with Crippen LogP contribution in [0.3, 0.4) is 0 Å². The highest BCUT2D eigenvalue weighted by Gasteiger charge is 2.48. The van der Waals surface area contributed by atoms with Gasteiger partial charge in [0.1, 0.15) is 0 Å². The minimum absolute atomic E-state index is 0.136. The van der Waals surface area contributed by atoms with Crippen molar-refractivity contribution in [2.75, 3.05) is 13.1 Å². The van der Waals surface area contributed by atoms with Crippen LogP contribution >= 0.6 is 23.2 Å². The Balaban J connectivity index is 1.80. The highest BCUT2D eigenvalue weighted by Crippen LogP contribution is 2.43. The molecule has 0 spiro atoms. The molecular weight excluding hydrogens is 303 g/mol. The van der Waals surface area contributed by atoms with E-state index in [4.69, 9.17) is 23.2 Å². The van der Waals surface area contributed by atoms with Crippen LogP contribution in [0.4, 0.5) is 0 Å². The molecule has 1 aromatic rings. The molecule has 3 rings (SSSR count). The molecule has 4 heteroatoms. The number of rotatable bonds is 3. The Morgan fingerprint density at radius 2 is 1.95 bits per heavy atom. The summed E-state index contributed by atoms with van der Waals surface area (Å²) in [5.74, 6) is 0.830. The second-order valence-corrected chi connectivity index (χ2v) is 8.29. The van der Waals surface area contributed by atoms with E-state index in [1.54, 1.807) is 0 Å². The van der Waals surface area contributed by atoms with Crippen LogP contribution < -0.4 is 5.32 Å². The zero-order valence-corrected chi connectivity index (χ0v) is 14.6. The molecule has 116 valence electrons.